The second-order valence-electron chi connectivity index (χ2n) is 4.90. The third kappa shape index (κ3) is 5.06. The second kappa shape index (κ2) is 9.19. The van der Waals surface area contributed by atoms with Gasteiger partial charge in [-0.25, -0.2) is 4.68 Å². The number of thioether (sulfide) groups is 2. The molecule has 24 heavy (non-hydrogen) atoms. The van der Waals surface area contributed by atoms with Gasteiger partial charge in [-0.2, -0.15) is 0 Å². The number of hydrogen-bond acceptors (Lipinski definition) is 6. The number of nitrogen functional groups attached to an aromatic ring is 1. The van der Waals surface area contributed by atoms with Gasteiger partial charge in [-0.1, -0.05) is 47.3 Å². The molecular formula is C15H20ClN5OS2. The van der Waals surface area contributed by atoms with Gasteiger partial charge in [0.25, 0.3) is 0 Å². The Morgan fingerprint density at radius 3 is 2.33 bits per heavy atom. The van der Waals surface area contributed by atoms with Gasteiger partial charge in [-0.15, -0.1) is 10.2 Å². The van der Waals surface area contributed by atoms with Crippen molar-refractivity contribution in [1.29, 1.82) is 0 Å². The van der Waals surface area contributed by atoms with E-state index in [-0.39, 0.29) is 5.91 Å². The number of carbonyl (C=O) groups excluding carboxylic acids is 1. The zero-order valence-electron chi connectivity index (χ0n) is 13.6. The SMILES string of the molecule is CCN(CC)C(=O)CSc1nnc(SCc2ccc(Cl)cc2)n1N. The molecule has 0 saturated heterocycles. The van der Waals surface area contributed by atoms with Crippen LogP contribution in [-0.4, -0.2) is 44.5 Å². The lowest BCUT2D eigenvalue weighted by atomic mass is 10.2. The third-order valence-electron chi connectivity index (χ3n) is 3.36. The van der Waals surface area contributed by atoms with Crippen molar-refractivity contribution in [3.63, 3.8) is 0 Å². The van der Waals surface area contributed by atoms with E-state index in [1.54, 1.807) is 4.90 Å². The van der Waals surface area contributed by atoms with Crippen LogP contribution in [0.3, 0.4) is 0 Å². The van der Waals surface area contributed by atoms with Gasteiger partial charge >= 0.3 is 0 Å². The largest absolute Gasteiger partial charge is 0.343 e. The number of hydrogen-bond donors (Lipinski definition) is 1. The van der Waals surface area contributed by atoms with Gasteiger partial charge in [0.1, 0.15) is 0 Å². The molecule has 0 bridgehead atoms. The predicted molar refractivity (Wildman–Crippen MR) is 99.8 cm³/mol. The summed E-state index contributed by atoms with van der Waals surface area (Å²) < 4.78 is 1.43. The fourth-order valence-corrected chi connectivity index (χ4v) is 3.74. The summed E-state index contributed by atoms with van der Waals surface area (Å²) in [6, 6.07) is 7.63. The zero-order chi connectivity index (χ0) is 17.5. The first-order chi connectivity index (χ1) is 11.5. The van der Waals surface area contributed by atoms with Crippen molar-refractivity contribution < 1.29 is 4.79 Å². The maximum absolute atomic E-state index is 12.0. The maximum atomic E-state index is 12.0. The normalized spacial score (nSPS) is 10.8. The summed E-state index contributed by atoms with van der Waals surface area (Å²) in [4.78, 5) is 13.8. The molecule has 0 spiro atoms. The molecule has 1 heterocycles. The highest BCUT2D eigenvalue weighted by molar-refractivity contribution is 8.00. The van der Waals surface area contributed by atoms with Crippen LogP contribution in [0.2, 0.25) is 5.02 Å². The molecule has 2 aromatic rings. The second-order valence-corrected chi connectivity index (χ2v) is 7.23. The molecule has 0 aliphatic carbocycles. The molecule has 2 N–H and O–H groups in total. The smallest absolute Gasteiger partial charge is 0.233 e. The summed E-state index contributed by atoms with van der Waals surface area (Å²) in [6.07, 6.45) is 0. The monoisotopic (exact) mass is 385 g/mol. The van der Waals surface area contributed by atoms with Crippen molar-refractivity contribution in [1.82, 2.24) is 19.8 Å². The molecule has 0 aliphatic rings. The molecule has 0 unspecified atom stereocenters. The number of nitrogens with two attached hydrogens (primary N) is 1. The lowest BCUT2D eigenvalue weighted by Crippen LogP contribution is -2.32. The highest BCUT2D eigenvalue weighted by Crippen LogP contribution is 2.24. The standard InChI is InChI=1S/C15H20ClN5OS2/c1-3-20(4-2)13(22)10-24-15-19-18-14(21(15)17)23-9-11-5-7-12(16)8-6-11/h5-8H,3-4,9-10,17H2,1-2H3. The molecule has 2 rings (SSSR count). The molecule has 1 aromatic carbocycles. The van der Waals surface area contributed by atoms with Crippen molar-refractivity contribution in [3.05, 3.63) is 34.9 Å². The van der Waals surface area contributed by atoms with Crippen LogP contribution in [0.4, 0.5) is 0 Å². The molecule has 0 saturated carbocycles. The van der Waals surface area contributed by atoms with Gasteiger partial charge < -0.3 is 10.7 Å². The molecule has 130 valence electrons. The van der Waals surface area contributed by atoms with Gasteiger partial charge in [0.05, 0.1) is 5.75 Å². The van der Waals surface area contributed by atoms with E-state index in [4.69, 9.17) is 17.4 Å². The minimum absolute atomic E-state index is 0.0726. The van der Waals surface area contributed by atoms with Gasteiger partial charge in [-0.3, -0.25) is 4.79 Å². The summed E-state index contributed by atoms with van der Waals surface area (Å²) in [6.45, 7) is 5.33. The van der Waals surface area contributed by atoms with Crippen molar-refractivity contribution in [2.45, 2.75) is 29.9 Å². The zero-order valence-corrected chi connectivity index (χ0v) is 16.0. The molecule has 0 radical (unpaired) electrons. The Balaban J connectivity index is 1.91. The van der Waals surface area contributed by atoms with E-state index >= 15 is 0 Å². The first-order valence-corrected chi connectivity index (χ1v) is 9.88. The van der Waals surface area contributed by atoms with Crippen LogP contribution >= 0.6 is 35.1 Å². The highest BCUT2D eigenvalue weighted by atomic mass is 35.5. The number of halogens is 1. The molecular weight excluding hydrogens is 366 g/mol. The quantitative estimate of drug-likeness (QED) is 0.556. The van der Waals surface area contributed by atoms with E-state index < -0.39 is 0 Å². The Bertz CT molecular complexity index is 673. The van der Waals surface area contributed by atoms with Crippen LogP contribution in [0.25, 0.3) is 0 Å². The minimum atomic E-state index is 0.0726. The van der Waals surface area contributed by atoms with Crippen LogP contribution in [0, 0.1) is 0 Å². The molecule has 1 amide bonds. The van der Waals surface area contributed by atoms with E-state index in [1.165, 1.54) is 28.2 Å². The van der Waals surface area contributed by atoms with Crippen LogP contribution in [-0.2, 0) is 10.5 Å². The average Bonchev–Trinajstić information content (AvgIpc) is 2.93. The molecule has 6 nitrogen and oxygen atoms in total. The van der Waals surface area contributed by atoms with Crippen LogP contribution < -0.4 is 5.84 Å². The van der Waals surface area contributed by atoms with Gasteiger partial charge in [0, 0.05) is 23.9 Å². The van der Waals surface area contributed by atoms with Crippen molar-refractivity contribution in [2.75, 3.05) is 24.7 Å². The van der Waals surface area contributed by atoms with Crippen LogP contribution in [0.5, 0.6) is 0 Å². The van der Waals surface area contributed by atoms with Crippen molar-refractivity contribution in [2.24, 2.45) is 0 Å². The number of amides is 1. The van der Waals surface area contributed by atoms with Crippen LogP contribution in [0.1, 0.15) is 19.4 Å². The average molecular weight is 386 g/mol. The lowest BCUT2D eigenvalue weighted by molar-refractivity contribution is -0.127. The number of aromatic nitrogens is 3. The first kappa shape index (κ1) is 19.0. The number of nitrogens with zero attached hydrogens (tertiary/aromatic N) is 4. The van der Waals surface area contributed by atoms with Crippen molar-refractivity contribution >= 4 is 41.0 Å². The first-order valence-electron chi connectivity index (χ1n) is 7.53. The van der Waals surface area contributed by atoms with Crippen LogP contribution in [0.15, 0.2) is 34.6 Å². The summed E-state index contributed by atoms with van der Waals surface area (Å²) in [5, 5.41) is 10.0. The summed E-state index contributed by atoms with van der Waals surface area (Å²) >= 11 is 8.66. The van der Waals surface area contributed by atoms with E-state index in [0.717, 1.165) is 11.3 Å². The molecule has 0 fully saturated rings. The molecule has 0 aliphatic heterocycles. The summed E-state index contributed by atoms with van der Waals surface area (Å²) in [5.74, 6) is 7.12. The fraction of sp³-hybridized carbons (Fsp3) is 0.400. The number of carbonyl (C=O) groups is 1. The van der Waals surface area contributed by atoms with E-state index in [0.29, 0.717) is 34.2 Å². The predicted octanol–water partition coefficient (Wildman–Crippen LogP) is 2.90. The molecule has 9 heteroatoms. The van der Waals surface area contributed by atoms with Crippen molar-refractivity contribution in [3.8, 4) is 0 Å². The lowest BCUT2D eigenvalue weighted by Gasteiger charge is -2.17. The third-order valence-corrected chi connectivity index (χ3v) is 5.55. The fourth-order valence-electron chi connectivity index (χ4n) is 1.98. The Morgan fingerprint density at radius 1 is 1.17 bits per heavy atom. The minimum Gasteiger partial charge on any atom is -0.343 e. The van der Waals surface area contributed by atoms with Gasteiger partial charge in [0.15, 0.2) is 0 Å². The van der Waals surface area contributed by atoms with E-state index in [2.05, 4.69) is 10.2 Å². The van der Waals surface area contributed by atoms with E-state index in [9.17, 15) is 4.79 Å². The summed E-state index contributed by atoms with van der Waals surface area (Å²) in [7, 11) is 0. The van der Waals surface area contributed by atoms with Gasteiger partial charge in [0.2, 0.25) is 16.2 Å². The number of rotatable bonds is 8. The highest BCUT2D eigenvalue weighted by Gasteiger charge is 2.15. The molecule has 1 aromatic heterocycles. The topological polar surface area (TPSA) is 77.0 Å². The van der Waals surface area contributed by atoms with Gasteiger partial charge in [-0.05, 0) is 31.5 Å². The summed E-state index contributed by atoms with van der Waals surface area (Å²) in [5.41, 5.74) is 1.12. The maximum Gasteiger partial charge on any atom is 0.233 e. The Labute approximate surface area is 155 Å². The number of benzene rings is 1. The Morgan fingerprint density at radius 2 is 1.75 bits per heavy atom. The van der Waals surface area contributed by atoms with E-state index in [1.807, 2.05) is 38.1 Å². The molecule has 0 atom stereocenters. The Kier molecular flexibility index (Phi) is 7.26. The Hall–Kier alpha value is -1.38.